The molecule has 167 valence electrons. The molecule has 0 heterocycles. The highest BCUT2D eigenvalue weighted by molar-refractivity contribution is 5.75. The van der Waals surface area contributed by atoms with E-state index in [0.717, 1.165) is 0 Å². The van der Waals surface area contributed by atoms with Gasteiger partial charge in [0.2, 0.25) is 0 Å². The van der Waals surface area contributed by atoms with Crippen molar-refractivity contribution in [2.24, 2.45) is 0 Å². The van der Waals surface area contributed by atoms with Crippen LogP contribution < -0.4 is 0 Å². The van der Waals surface area contributed by atoms with Crippen LogP contribution in [0.25, 0.3) is 0 Å². The predicted molar refractivity (Wildman–Crippen MR) is 131 cm³/mol. The summed E-state index contributed by atoms with van der Waals surface area (Å²) in [6.45, 7) is 7.37. The first-order chi connectivity index (χ1) is 13.1. The fourth-order valence-corrected chi connectivity index (χ4v) is 4.17. The number of hydrogen-bond acceptors (Lipinski definition) is 0. The van der Waals surface area contributed by atoms with Gasteiger partial charge in [0.1, 0.15) is 0 Å². The summed E-state index contributed by atoms with van der Waals surface area (Å²) in [5, 5.41) is 0. The first-order valence-electron chi connectivity index (χ1n) is 12.9. The summed E-state index contributed by atoms with van der Waals surface area (Å²) >= 11 is 0. The van der Waals surface area contributed by atoms with E-state index in [4.69, 9.17) is 0 Å². The topological polar surface area (TPSA) is 0 Å². The van der Waals surface area contributed by atoms with Crippen molar-refractivity contribution in [3.63, 3.8) is 0 Å². The molecule has 0 bridgehead atoms. The molecule has 0 aromatic rings. The lowest BCUT2D eigenvalue weighted by atomic mass is 10.1. The molecule has 0 aliphatic heterocycles. The first-order valence-corrected chi connectivity index (χ1v) is 12.9. The summed E-state index contributed by atoms with van der Waals surface area (Å²) in [6, 6.07) is 0. The van der Waals surface area contributed by atoms with Crippen molar-refractivity contribution in [3.8, 4) is 0 Å². The van der Waals surface area contributed by atoms with Crippen LogP contribution in [-0.4, -0.2) is 40.1 Å². The smallest absolute Gasteiger partial charge is 0.0782 e. The molecule has 2 heteroatoms. The molecule has 0 aliphatic carbocycles. The Hall–Kier alpha value is 0.0249. The van der Waals surface area contributed by atoms with Gasteiger partial charge in [-0.2, -0.15) is 0 Å². The van der Waals surface area contributed by atoms with Crippen LogP contribution >= 0.6 is 0 Å². The van der Waals surface area contributed by atoms with E-state index in [1.54, 1.807) is 0 Å². The van der Waals surface area contributed by atoms with Gasteiger partial charge in [0.05, 0.1) is 27.2 Å². The fourth-order valence-electron chi connectivity index (χ4n) is 4.17. The standard InChI is InChI=1S/C26H56N.B/c1-5-7-9-11-13-15-17-19-21-23-25-27(3,4)26-24-22-20-18-16-14-12-10-8-6-2;/h5-26H2,1-4H3;/q+1;. The molecule has 0 unspecified atom stereocenters. The van der Waals surface area contributed by atoms with Crippen LogP contribution in [-0.2, 0) is 0 Å². The predicted octanol–water partition coefficient (Wildman–Crippen LogP) is 8.52. The molecule has 0 atom stereocenters. The monoisotopic (exact) mass is 393 g/mol. The van der Waals surface area contributed by atoms with Gasteiger partial charge in [-0.1, -0.05) is 117 Å². The van der Waals surface area contributed by atoms with E-state index in [0.29, 0.717) is 0 Å². The Morgan fingerprint density at radius 3 is 0.821 bits per heavy atom. The lowest BCUT2D eigenvalue weighted by Crippen LogP contribution is -2.41. The summed E-state index contributed by atoms with van der Waals surface area (Å²) in [6.07, 6.45) is 29.0. The van der Waals surface area contributed by atoms with Gasteiger partial charge in [0.15, 0.2) is 0 Å². The second kappa shape index (κ2) is 23.3. The minimum atomic E-state index is 0. The molecule has 0 aliphatic rings. The Morgan fingerprint density at radius 1 is 0.357 bits per heavy atom. The van der Waals surface area contributed by atoms with E-state index in [9.17, 15) is 0 Å². The van der Waals surface area contributed by atoms with Gasteiger partial charge in [0.25, 0.3) is 0 Å². The fraction of sp³-hybridized carbons (Fsp3) is 1.00. The maximum absolute atomic E-state index is 2.45. The molecule has 0 fully saturated rings. The molecule has 0 saturated heterocycles. The number of hydrogen-bond donors (Lipinski definition) is 0. The SMILES string of the molecule is CCCCCCCCCCCC[N+](C)(C)CCCCCCCCCCCC.[B]. The Bertz CT molecular complexity index is 252. The van der Waals surface area contributed by atoms with E-state index in [1.165, 1.54) is 146 Å². The molecule has 0 aromatic carbocycles. The van der Waals surface area contributed by atoms with E-state index >= 15 is 0 Å². The van der Waals surface area contributed by atoms with Crippen LogP contribution in [0, 0.1) is 0 Å². The van der Waals surface area contributed by atoms with E-state index < -0.39 is 0 Å². The Kier molecular flexibility index (Phi) is 25.2. The number of quaternary nitrogens is 1. The average molecular weight is 394 g/mol. The summed E-state index contributed by atoms with van der Waals surface area (Å²) in [5.41, 5.74) is 0. The molecule has 0 spiro atoms. The third kappa shape index (κ3) is 24.1. The van der Waals surface area contributed by atoms with Gasteiger partial charge in [0, 0.05) is 8.41 Å². The zero-order chi connectivity index (χ0) is 20.1. The number of nitrogens with zero attached hydrogens (tertiary/aromatic N) is 1. The van der Waals surface area contributed by atoms with E-state index in [2.05, 4.69) is 27.9 Å². The quantitative estimate of drug-likeness (QED) is 0.0982. The third-order valence-corrected chi connectivity index (χ3v) is 6.23. The lowest BCUT2D eigenvalue weighted by Gasteiger charge is -2.30. The minimum Gasteiger partial charge on any atom is -0.328 e. The van der Waals surface area contributed by atoms with Gasteiger partial charge in [-0.05, 0) is 25.7 Å². The Balaban J connectivity index is 0. The molecule has 0 N–H and O–H groups in total. The highest BCUT2D eigenvalue weighted by Crippen LogP contribution is 2.14. The summed E-state index contributed by atoms with van der Waals surface area (Å²) in [7, 11) is 4.89. The maximum atomic E-state index is 2.45. The van der Waals surface area contributed by atoms with Crippen molar-refractivity contribution in [2.75, 3.05) is 27.2 Å². The van der Waals surface area contributed by atoms with Crippen molar-refractivity contribution in [3.05, 3.63) is 0 Å². The van der Waals surface area contributed by atoms with E-state index in [1.807, 2.05) is 0 Å². The highest BCUT2D eigenvalue weighted by Gasteiger charge is 2.13. The molecule has 0 rings (SSSR count). The Labute approximate surface area is 182 Å². The molecule has 0 aromatic heterocycles. The highest BCUT2D eigenvalue weighted by atomic mass is 15.3. The van der Waals surface area contributed by atoms with Gasteiger partial charge in [-0.25, -0.2) is 0 Å². The second-order valence-corrected chi connectivity index (χ2v) is 9.75. The third-order valence-electron chi connectivity index (χ3n) is 6.23. The molecule has 0 amide bonds. The van der Waals surface area contributed by atoms with Gasteiger partial charge in [-0.15, -0.1) is 0 Å². The maximum Gasteiger partial charge on any atom is 0.0782 e. The molecular formula is C26H56BN+. The average Bonchev–Trinajstić information content (AvgIpc) is 2.64. The van der Waals surface area contributed by atoms with Crippen molar-refractivity contribution in [1.82, 2.24) is 0 Å². The van der Waals surface area contributed by atoms with Gasteiger partial charge < -0.3 is 4.48 Å². The minimum absolute atomic E-state index is 0. The summed E-state index contributed by atoms with van der Waals surface area (Å²) < 4.78 is 1.24. The molecule has 1 nitrogen and oxygen atoms in total. The molecule has 0 saturated carbocycles. The molecular weight excluding hydrogens is 337 g/mol. The number of rotatable bonds is 22. The van der Waals surface area contributed by atoms with Crippen LogP contribution in [0.5, 0.6) is 0 Å². The van der Waals surface area contributed by atoms with Gasteiger partial charge in [-0.3, -0.25) is 0 Å². The van der Waals surface area contributed by atoms with E-state index in [-0.39, 0.29) is 8.41 Å². The van der Waals surface area contributed by atoms with Crippen LogP contribution in [0.2, 0.25) is 0 Å². The van der Waals surface area contributed by atoms with Crippen molar-refractivity contribution >= 4 is 8.41 Å². The van der Waals surface area contributed by atoms with Crippen LogP contribution in [0.4, 0.5) is 0 Å². The normalized spacial score (nSPS) is 11.6. The second-order valence-electron chi connectivity index (χ2n) is 9.75. The molecule has 28 heavy (non-hydrogen) atoms. The van der Waals surface area contributed by atoms with Crippen LogP contribution in [0.1, 0.15) is 142 Å². The van der Waals surface area contributed by atoms with Crippen molar-refractivity contribution in [1.29, 1.82) is 0 Å². The zero-order valence-corrected chi connectivity index (χ0v) is 20.6. The summed E-state index contributed by atoms with van der Waals surface area (Å²) in [5.74, 6) is 0. The number of unbranched alkanes of at least 4 members (excludes halogenated alkanes) is 18. The lowest BCUT2D eigenvalue weighted by molar-refractivity contribution is -0.890. The summed E-state index contributed by atoms with van der Waals surface area (Å²) in [4.78, 5) is 0. The Morgan fingerprint density at radius 2 is 0.571 bits per heavy atom. The van der Waals surface area contributed by atoms with Crippen LogP contribution in [0.15, 0.2) is 0 Å². The van der Waals surface area contributed by atoms with Gasteiger partial charge >= 0.3 is 0 Å². The molecule has 3 radical (unpaired) electrons. The zero-order valence-electron chi connectivity index (χ0n) is 20.6. The van der Waals surface area contributed by atoms with Crippen molar-refractivity contribution < 1.29 is 4.48 Å². The van der Waals surface area contributed by atoms with Crippen LogP contribution in [0.3, 0.4) is 0 Å². The van der Waals surface area contributed by atoms with Crippen molar-refractivity contribution in [2.45, 2.75) is 142 Å². The largest absolute Gasteiger partial charge is 0.328 e. The first kappa shape index (κ1) is 30.2.